The molecule has 0 amide bonds. The van der Waals surface area contributed by atoms with Gasteiger partial charge in [0.25, 0.3) is 11.1 Å². The number of hydrogen-bond donors (Lipinski definition) is 1. The lowest BCUT2D eigenvalue weighted by Crippen LogP contribution is -2.20. The average Bonchev–Trinajstić information content (AvgIpc) is 2.65. The molecule has 2 heterocycles. The Kier molecular flexibility index (Phi) is 4.04. The predicted octanol–water partition coefficient (Wildman–Crippen LogP) is 4.18. The van der Waals surface area contributed by atoms with E-state index in [2.05, 4.69) is 4.98 Å². The largest absolute Gasteiger partial charge is 0.329 e. The van der Waals surface area contributed by atoms with Crippen LogP contribution in [0.5, 0.6) is 0 Å². The van der Waals surface area contributed by atoms with Crippen LogP contribution in [-0.2, 0) is 7.05 Å². The van der Waals surface area contributed by atoms with Crippen LogP contribution in [0.25, 0.3) is 33.2 Å². The molecule has 134 valence electrons. The first-order chi connectivity index (χ1) is 13.0. The van der Waals surface area contributed by atoms with E-state index in [1.54, 1.807) is 29.9 Å². The second-order valence-corrected chi connectivity index (χ2v) is 6.95. The van der Waals surface area contributed by atoms with Crippen molar-refractivity contribution in [2.45, 2.75) is 13.8 Å². The normalized spacial score (nSPS) is 11.1. The van der Waals surface area contributed by atoms with Gasteiger partial charge in [-0.05, 0) is 60.7 Å². The molecule has 0 saturated carbocycles. The van der Waals surface area contributed by atoms with Crippen molar-refractivity contribution in [3.05, 3.63) is 92.6 Å². The molecule has 2 aromatic carbocycles. The van der Waals surface area contributed by atoms with Gasteiger partial charge in [-0.25, -0.2) is 0 Å². The minimum Gasteiger partial charge on any atom is -0.329 e. The first kappa shape index (κ1) is 17.0. The Balaban J connectivity index is 2.09. The fourth-order valence-corrected chi connectivity index (χ4v) is 3.57. The van der Waals surface area contributed by atoms with Gasteiger partial charge < -0.3 is 9.55 Å². The van der Waals surface area contributed by atoms with E-state index in [0.717, 1.165) is 33.2 Å². The smallest absolute Gasteiger partial charge is 0.258 e. The van der Waals surface area contributed by atoms with Crippen LogP contribution in [0.15, 0.2) is 70.4 Å². The van der Waals surface area contributed by atoms with Crippen molar-refractivity contribution in [1.29, 1.82) is 0 Å². The Morgan fingerprint density at radius 1 is 0.815 bits per heavy atom. The highest BCUT2D eigenvalue weighted by Crippen LogP contribution is 2.29. The highest BCUT2D eigenvalue weighted by molar-refractivity contribution is 5.96. The van der Waals surface area contributed by atoms with Crippen LogP contribution in [0.2, 0.25) is 0 Å². The molecule has 0 atom stereocenters. The minimum absolute atomic E-state index is 0.0798. The standard InChI is InChI=1S/C23H20N2O2/c1-14-6-8-16(9-7-14)19-13-17-11-15(2)12-20(21(17)25(3)23(19)27)18-5-4-10-24-22(18)26/h4-13H,1-3H3,(H,24,26). The molecule has 0 radical (unpaired) electrons. The van der Waals surface area contributed by atoms with Gasteiger partial charge in [0.15, 0.2) is 0 Å². The maximum atomic E-state index is 13.1. The molecule has 4 aromatic rings. The summed E-state index contributed by atoms with van der Waals surface area (Å²) >= 11 is 0. The van der Waals surface area contributed by atoms with Crippen LogP contribution in [0, 0.1) is 13.8 Å². The monoisotopic (exact) mass is 356 g/mol. The third-order valence-electron chi connectivity index (χ3n) is 4.92. The molecule has 4 heteroatoms. The van der Waals surface area contributed by atoms with Crippen LogP contribution in [0.4, 0.5) is 0 Å². The molecular formula is C23H20N2O2. The molecule has 0 fully saturated rings. The topological polar surface area (TPSA) is 54.9 Å². The quantitative estimate of drug-likeness (QED) is 0.586. The number of hydrogen-bond acceptors (Lipinski definition) is 2. The highest BCUT2D eigenvalue weighted by atomic mass is 16.1. The average molecular weight is 356 g/mol. The highest BCUT2D eigenvalue weighted by Gasteiger charge is 2.15. The Labute approximate surface area is 156 Å². The second kappa shape index (κ2) is 6.40. The van der Waals surface area contributed by atoms with Gasteiger partial charge >= 0.3 is 0 Å². The fourth-order valence-electron chi connectivity index (χ4n) is 3.57. The van der Waals surface area contributed by atoms with Crippen LogP contribution in [0.3, 0.4) is 0 Å². The molecule has 1 N–H and O–H groups in total. The first-order valence-electron chi connectivity index (χ1n) is 8.85. The van der Waals surface area contributed by atoms with E-state index in [0.29, 0.717) is 11.1 Å². The van der Waals surface area contributed by atoms with E-state index in [9.17, 15) is 9.59 Å². The molecule has 0 aliphatic heterocycles. The number of aromatic nitrogens is 2. The van der Waals surface area contributed by atoms with Crippen molar-refractivity contribution in [2.75, 3.05) is 0 Å². The van der Waals surface area contributed by atoms with Crippen LogP contribution in [-0.4, -0.2) is 9.55 Å². The number of H-pyrrole nitrogens is 1. The van der Waals surface area contributed by atoms with Crippen LogP contribution >= 0.6 is 0 Å². The summed E-state index contributed by atoms with van der Waals surface area (Å²) < 4.78 is 1.64. The fraction of sp³-hybridized carbons (Fsp3) is 0.130. The Morgan fingerprint density at radius 2 is 1.56 bits per heavy atom. The van der Waals surface area contributed by atoms with Crippen molar-refractivity contribution in [2.24, 2.45) is 7.05 Å². The van der Waals surface area contributed by atoms with E-state index in [1.807, 2.05) is 56.3 Å². The Bertz CT molecular complexity index is 1280. The number of nitrogens with one attached hydrogen (secondary N) is 1. The van der Waals surface area contributed by atoms with Crippen molar-refractivity contribution < 1.29 is 0 Å². The molecule has 27 heavy (non-hydrogen) atoms. The molecule has 2 aromatic heterocycles. The van der Waals surface area contributed by atoms with E-state index in [4.69, 9.17) is 0 Å². The maximum Gasteiger partial charge on any atom is 0.258 e. The number of fused-ring (bicyclic) bond motifs is 1. The van der Waals surface area contributed by atoms with E-state index in [-0.39, 0.29) is 11.1 Å². The van der Waals surface area contributed by atoms with E-state index >= 15 is 0 Å². The van der Waals surface area contributed by atoms with Gasteiger partial charge in [-0.3, -0.25) is 9.59 Å². The molecule has 0 spiro atoms. The summed E-state index contributed by atoms with van der Waals surface area (Å²) in [5.74, 6) is 0. The van der Waals surface area contributed by atoms with Gasteiger partial charge in [0, 0.05) is 29.9 Å². The molecular weight excluding hydrogens is 336 g/mol. The maximum absolute atomic E-state index is 13.1. The van der Waals surface area contributed by atoms with Gasteiger partial charge in [-0.1, -0.05) is 29.8 Å². The van der Waals surface area contributed by atoms with Gasteiger partial charge in [0.2, 0.25) is 0 Å². The summed E-state index contributed by atoms with van der Waals surface area (Å²) in [5, 5.41) is 0.936. The number of nitrogens with zero attached hydrogens (tertiary/aromatic N) is 1. The lowest BCUT2D eigenvalue weighted by atomic mass is 9.97. The summed E-state index contributed by atoms with van der Waals surface area (Å²) in [7, 11) is 1.76. The summed E-state index contributed by atoms with van der Waals surface area (Å²) in [4.78, 5) is 28.2. The first-order valence-corrected chi connectivity index (χ1v) is 8.85. The molecule has 0 bridgehead atoms. The third kappa shape index (κ3) is 2.89. The zero-order valence-corrected chi connectivity index (χ0v) is 15.5. The molecule has 0 saturated heterocycles. The Morgan fingerprint density at radius 3 is 2.26 bits per heavy atom. The van der Waals surface area contributed by atoms with Gasteiger partial charge in [0.05, 0.1) is 5.52 Å². The lowest BCUT2D eigenvalue weighted by Gasteiger charge is -2.14. The van der Waals surface area contributed by atoms with Gasteiger partial charge in [0.1, 0.15) is 0 Å². The van der Waals surface area contributed by atoms with Crippen LogP contribution < -0.4 is 11.1 Å². The molecule has 0 unspecified atom stereocenters. The summed E-state index contributed by atoms with van der Waals surface area (Å²) in [6.45, 7) is 4.02. The zero-order valence-electron chi connectivity index (χ0n) is 15.5. The number of benzene rings is 2. The van der Waals surface area contributed by atoms with Crippen molar-refractivity contribution >= 4 is 10.9 Å². The van der Waals surface area contributed by atoms with Crippen LogP contribution in [0.1, 0.15) is 11.1 Å². The molecule has 4 rings (SSSR count). The molecule has 0 aliphatic rings. The molecule has 0 aliphatic carbocycles. The summed E-state index contributed by atoms with van der Waals surface area (Å²) in [6, 6.07) is 17.5. The summed E-state index contributed by atoms with van der Waals surface area (Å²) in [6.07, 6.45) is 1.61. The lowest BCUT2D eigenvalue weighted by molar-refractivity contribution is 0.909. The van der Waals surface area contributed by atoms with Crippen molar-refractivity contribution in [3.8, 4) is 22.3 Å². The van der Waals surface area contributed by atoms with Gasteiger partial charge in [-0.15, -0.1) is 0 Å². The number of aryl methyl sites for hydroxylation is 3. The SMILES string of the molecule is Cc1ccc(-c2cc3cc(C)cc(-c4ccc[nH]c4=O)c3n(C)c2=O)cc1. The predicted molar refractivity (Wildman–Crippen MR) is 110 cm³/mol. The van der Waals surface area contributed by atoms with Crippen molar-refractivity contribution in [3.63, 3.8) is 0 Å². The molecule has 4 nitrogen and oxygen atoms in total. The van der Waals surface area contributed by atoms with Gasteiger partial charge in [-0.2, -0.15) is 0 Å². The van der Waals surface area contributed by atoms with E-state index < -0.39 is 0 Å². The van der Waals surface area contributed by atoms with E-state index in [1.165, 1.54) is 0 Å². The zero-order chi connectivity index (χ0) is 19.1. The minimum atomic E-state index is -0.167. The number of pyridine rings is 2. The number of rotatable bonds is 2. The summed E-state index contributed by atoms with van der Waals surface area (Å²) in [5.41, 5.74) is 5.58. The number of aromatic amines is 1. The third-order valence-corrected chi connectivity index (χ3v) is 4.92. The Hall–Kier alpha value is -3.40. The second-order valence-electron chi connectivity index (χ2n) is 6.95. The van der Waals surface area contributed by atoms with Crippen molar-refractivity contribution in [1.82, 2.24) is 9.55 Å².